The van der Waals surface area contributed by atoms with Gasteiger partial charge in [0.2, 0.25) is 0 Å². The highest BCUT2D eigenvalue weighted by Gasteiger charge is 2.08. The van der Waals surface area contributed by atoms with Crippen molar-refractivity contribution in [3.05, 3.63) is 95.6 Å². The van der Waals surface area contributed by atoms with E-state index in [1.165, 1.54) is 27.8 Å². The van der Waals surface area contributed by atoms with Crippen LogP contribution in [-0.2, 0) is 6.42 Å². The van der Waals surface area contributed by atoms with Crippen LogP contribution in [0.5, 0.6) is 0 Å². The van der Waals surface area contributed by atoms with E-state index in [1.54, 1.807) is 0 Å². The molecule has 0 fully saturated rings. The highest BCUT2D eigenvalue weighted by atomic mass is 14.1. The molecule has 1 aliphatic rings. The molecule has 0 spiro atoms. The summed E-state index contributed by atoms with van der Waals surface area (Å²) in [5.41, 5.74) is 6.89. The van der Waals surface area contributed by atoms with Gasteiger partial charge in [-0.2, -0.15) is 0 Å². The highest BCUT2D eigenvalue weighted by molar-refractivity contribution is 5.70. The van der Waals surface area contributed by atoms with Crippen molar-refractivity contribution in [1.29, 1.82) is 0 Å². The van der Waals surface area contributed by atoms with E-state index in [0.29, 0.717) is 0 Å². The van der Waals surface area contributed by atoms with Crippen LogP contribution in [0.1, 0.15) is 17.5 Å². The van der Waals surface area contributed by atoms with Gasteiger partial charge in [0.25, 0.3) is 0 Å². The molecule has 0 nitrogen and oxygen atoms in total. The number of aryl methyl sites for hydroxylation is 1. The minimum atomic E-state index is 1.01. The van der Waals surface area contributed by atoms with E-state index in [1.807, 2.05) is 0 Å². The SMILES string of the molecule is Cc1ccccc1-c1ccccc1CC1=CC=CC=CC1. The maximum Gasteiger partial charge on any atom is -0.00547 e. The number of hydrogen-bond donors (Lipinski definition) is 0. The smallest absolute Gasteiger partial charge is 0.00547 e. The first kappa shape index (κ1) is 13.6. The Morgan fingerprint density at radius 2 is 1.57 bits per heavy atom. The van der Waals surface area contributed by atoms with E-state index in [4.69, 9.17) is 0 Å². The Kier molecular flexibility index (Phi) is 4.16. The van der Waals surface area contributed by atoms with Crippen molar-refractivity contribution >= 4 is 0 Å². The molecule has 0 N–H and O–H groups in total. The predicted molar refractivity (Wildman–Crippen MR) is 91.3 cm³/mol. The average Bonchev–Trinajstić information content (AvgIpc) is 2.77. The second kappa shape index (κ2) is 6.41. The first-order valence-electron chi connectivity index (χ1n) is 7.50. The van der Waals surface area contributed by atoms with Gasteiger partial charge in [0.05, 0.1) is 0 Å². The first-order chi connectivity index (χ1) is 10.3. The van der Waals surface area contributed by atoms with Gasteiger partial charge in [-0.3, -0.25) is 0 Å². The van der Waals surface area contributed by atoms with Crippen molar-refractivity contribution in [1.82, 2.24) is 0 Å². The second-order valence-electron chi connectivity index (χ2n) is 5.49. The Hall–Kier alpha value is -2.34. The van der Waals surface area contributed by atoms with Crippen molar-refractivity contribution in [3.8, 4) is 11.1 Å². The molecule has 0 atom stereocenters. The lowest BCUT2D eigenvalue weighted by Crippen LogP contribution is -1.94. The van der Waals surface area contributed by atoms with Gasteiger partial charge >= 0.3 is 0 Å². The molecule has 0 saturated heterocycles. The molecule has 1 aliphatic carbocycles. The van der Waals surface area contributed by atoms with Crippen LogP contribution in [0.2, 0.25) is 0 Å². The van der Waals surface area contributed by atoms with Gasteiger partial charge in [0, 0.05) is 0 Å². The van der Waals surface area contributed by atoms with E-state index in [9.17, 15) is 0 Å². The summed E-state index contributed by atoms with van der Waals surface area (Å²) >= 11 is 0. The third-order valence-corrected chi connectivity index (χ3v) is 3.94. The molecule has 21 heavy (non-hydrogen) atoms. The van der Waals surface area contributed by atoms with Crippen molar-refractivity contribution < 1.29 is 0 Å². The molecule has 0 saturated carbocycles. The number of rotatable bonds is 3. The average molecular weight is 272 g/mol. The van der Waals surface area contributed by atoms with Gasteiger partial charge in [-0.25, -0.2) is 0 Å². The van der Waals surface area contributed by atoms with Crippen LogP contribution < -0.4 is 0 Å². The fourth-order valence-electron chi connectivity index (χ4n) is 2.81. The van der Waals surface area contributed by atoms with E-state index in [-0.39, 0.29) is 0 Å². The monoisotopic (exact) mass is 272 g/mol. The van der Waals surface area contributed by atoms with Gasteiger partial charge in [-0.05, 0) is 42.0 Å². The largest absolute Gasteiger partial charge is 0.0804 e. The van der Waals surface area contributed by atoms with Crippen LogP contribution in [0.25, 0.3) is 11.1 Å². The molecular weight excluding hydrogens is 252 g/mol. The summed E-state index contributed by atoms with van der Waals surface area (Å²) in [7, 11) is 0. The molecule has 2 aromatic carbocycles. The second-order valence-corrected chi connectivity index (χ2v) is 5.49. The standard InChI is InChI=1S/C21H20/c1-17-10-6-8-14-20(17)21-15-9-7-13-19(21)16-18-11-4-2-3-5-12-18/h2-11,13-15H,12,16H2,1H3. The topological polar surface area (TPSA) is 0 Å². The number of allylic oxidation sites excluding steroid dienone is 6. The Bertz CT molecular complexity index is 714. The van der Waals surface area contributed by atoms with E-state index < -0.39 is 0 Å². The molecular formula is C21H20. The summed E-state index contributed by atoms with van der Waals surface area (Å²) in [4.78, 5) is 0. The van der Waals surface area contributed by atoms with E-state index in [2.05, 4.69) is 85.8 Å². The Balaban J connectivity index is 1.97. The third kappa shape index (κ3) is 3.22. The number of benzene rings is 2. The van der Waals surface area contributed by atoms with Crippen LogP contribution in [-0.4, -0.2) is 0 Å². The Morgan fingerprint density at radius 1 is 0.810 bits per heavy atom. The van der Waals surface area contributed by atoms with Gasteiger partial charge < -0.3 is 0 Å². The zero-order valence-corrected chi connectivity index (χ0v) is 12.4. The zero-order chi connectivity index (χ0) is 14.5. The molecule has 0 aromatic heterocycles. The Morgan fingerprint density at radius 3 is 2.43 bits per heavy atom. The third-order valence-electron chi connectivity index (χ3n) is 3.94. The summed E-state index contributed by atoms with van der Waals surface area (Å²) in [6.45, 7) is 2.18. The van der Waals surface area contributed by atoms with Crippen LogP contribution in [0.3, 0.4) is 0 Å². The van der Waals surface area contributed by atoms with Crippen molar-refractivity contribution in [2.24, 2.45) is 0 Å². The predicted octanol–water partition coefficient (Wildman–Crippen LogP) is 5.65. The molecule has 0 bridgehead atoms. The lowest BCUT2D eigenvalue weighted by Gasteiger charge is -2.13. The van der Waals surface area contributed by atoms with Crippen LogP contribution >= 0.6 is 0 Å². The first-order valence-corrected chi connectivity index (χ1v) is 7.50. The maximum absolute atomic E-state index is 2.25. The quantitative estimate of drug-likeness (QED) is 0.677. The molecule has 0 radical (unpaired) electrons. The van der Waals surface area contributed by atoms with Crippen molar-refractivity contribution in [2.45, 2.75) is 19.8 Å². The fourth-order valence-corrected chi connectivity index (χ4v) is 2.81. The maximum atomic E-state index is 2.25. The van der Waals surface area contributed by atoms with Crippen LogP contribution in [0.4, 0.5) is 0 Å². The number of hydrogen-bond acceptors (Lipinski definition) is 0. The molecule has 0 heterocycles. The molecule has 0 amide bonds. The summed E-state index contributed by atoms with van der Waals surface area (Å²) < 4.78 is 0. The van der Waals surface area contributed by atoms with Gasteiger partial charge in [0.1, 0.15) is 0 Å². The zero-order valence-electron chi connectivity index (χ0n) is 12.4. The Labute approximate surface area is 127 Å². The van der Waals surface area contributed by atoms with Crippen molar-refractivity contribution in [3.63, 3.8) is 0 Å². The van der Waals surface area contributed by atoms with Crippen molar-refractivity contribution in [2.75, 3.05) is 0 Å². The van der Waals surface area contributed by atoms with Crippen LogP contribution in [0.15, 0.2) is 84.5 Å². The molecule has 0 aliphatic heterocycles. The molecule has 2 aromatic rings. The van der Waals surface area contributed by atoms with Gasteiger partial charge in [-0.1, -0.05) is 84.5 Å². The molecule has 104 valence electrons. The van der Waals surface area contributed by atoms with Gasteiger partial charge in [0.15, 0.2) is 0 Å². The normalized spacial score (nSPS) is 13.9. The van der Waals surface area contributed by atoms with Crippen LogP contribution in [0, 0.1) is 6.92 Å². The highest BCUT2D eigenvalue weighted by Crippen LogP contribution is 2.29. The summed E-state index contributed by atoms with van der Waals surface area (Å²) in [6, 6.07) is 17.4. The lowest BCUT2D eigenvalue weighted by atomic mass is 9.92. The van der Waals surface area contributed by atoms with E-state index >= 15 is 0 Å². The summed E-state index contributed by atoms with van der Waals surface area (Å²) in [5, 5.41) is 0. The minimum Gasteiger partial charge on any atom is -0.0804 e. The van der Waals surface area contributed by atoms with E-state index in [0.717, 1.165) is 12.8 Å². The molecule has 0 unspecified atom stereocenters. The molecule has 0 heteroatoms. The molecule has 3 rings (SSSR count). The minimum absolute atomic E-state index is 1.01. The lowest BCUT2D eigenvalue weighted by molar-refractivity contribution is 1.07. The summed E-state index contributed by atoms with van der Waals surface area (Å²) in [5.74, 6) is 0. The van der Waals surface area contributed by atoms with Gasteiger partial charge in [-0.15, -0.1) is 0 Å². The summed E-state index contributed by atoms with van der Waals surface area (Å²) in [6.07, 6.45) is 12.9. The fraction of sp³-hybridized carbons (Fsp3) is 0.143.